The number of benzene rings is 1. The molecule has 1 aliphatic rings. The third-order valence-corrected chi connectivity index (χ3v) is 3.38. The van der Waals surface area contributed by atoms with Crippen molar-refractivity contribution in [2.24, 2.45) is 5.92 Å². The number of hydrogen-bond acceptors (Lipinski definition) is 4. The first-order valence-electron chi connectivity index (χ1n) is 6.49. The Morgan fingerprint density at radius 3 is 2.52 bits per heavy atom. The second-order valence-electron chi connectivity index (χ2n) is 4.74. The molecule has 1 aromatic rings. The Morgan fingerprint density at radius 2 is 1.95 bits per heavy atom. The Morgan fingerprint density at radius 1 is 1.29 bits per heavy atom. The number of non-ortho nitro benzene ring substituents is 1. The number of amides is 2. The summed E-state index contributed by atoms with van der Waals surface area (Å²) in [6.07, 6.45) is 1.85. The number of carbonyl (C=O) groups excluding carboxylic acids is 2. The highest BCUT2D eigenvalue weighted by molar-refractivity contribution is 6.34. The van der Waals surface area contributed by atoms with Gasteiger partial charge < -0.3 is 10.6 Å². The molecule has 1 fully saturated rings. The molecular weight excluding hydrogens is 298 g/mol. The fourth-order valence-electron chi connectivity index (χ4n) is 1.75. The van der Waals surface area contributed by atoms with Crippen molar-refractivity contribution in [2.75, 3.05) is 13.1 Å². The van der Waals surface area contributed by atoms with E-state index in [4.69, 9.17) is 11.6 Å². The summed E-state index contributed by atoms with van der Waals surface area (Å²) in [6, 6.07) is 3.65. The number of nitrogens with one attached hydrogen (secondary N) is 2. The van der Waals surface area contributed by atoms with Crippen LogP contribution in [0, 0.1) is 16.0 Å². The minimum atomic E-state index is -0.582. The minimum absolute atomic E-state index is 0.0117. The molecule has 0 aromatic heterocycles. The van der Waals surface area contributed by atoms with Gasteiger partial charge in [0, 0.05) is 31.1 Å². The molecule has 1 aromatic carbocycles. The third-order valence-electron chi connectivity index (χ3n) is 3.07. The van der Waals surface area contributed by atoms with Gasteiger partial charge in [-0.05, 0) is 18.9 Å². The van der Waals surface area contributed by atoms with Crippen molar-refractivity contribution in [3.8, 4) is 0 Å². The van der Waals surface area contributed by atoms with Gasteiger partial charge in [-0.3, -0.25) is 19.7 Å². The second-order valence-corrected chi connectivity index (χ2v) is 5.15. The van der Waals surface area contributed by atoms with E-state index in [1.54, 1.807) is 0 Å². The Bertz CT molecular complexity index is 587. The summed E-state index contributed by atoms with van der Waals surface area (Å²) in [6.45, 7) is 0.607. The number of nitro benzene ring substituents is 1. The largest absolute Gasteiger partial charge is 0.354 e. The SMILES string of the molecule is O=C(NCCNC(=O)C1CC1)c1ccc([N+](=O)[O-])cc1Cl. The average Bonchev–Trinajstić information content (AvgIpc) is 3.27. The van der Waals surface area contributed by atoms with Gasteiger partial charge in [-0.25, -0.2) is 0 Å². The summed E-state index contributed by atoms with van der Waals surface area (Å²) < 4.78 is 0. The van der Waals surface area contributed by atoms with Crippen LogP contribution >= 0.6 is 11.6 Å². The Kier molecular flexibility index (Phi) is 4.74. The van der Waals surface area contributed by atoms with E-state index in [1.165, 1.54) is 12.1 Å². The van der Waals surface area contributed by atoms with Crippen LogP contribution in [0.25, 0.3) is 0 Å². The topological polar surface area (TPSA) is 101 Å². The molecule has 0 heterocycles. The molecule has 1 saturated carbocycles. The van der Waals surface area contributed by atoms with Crippen molar-refractivity contribution in [3.63, 3.8) is 0 Å². The highest BCUT2D eigenvalue weighted by atomic mass is 35.5. The van der Waals surface area contributed by atoms with Gasteiger partial charge in [0.15, 0.2) is 0 Å². The van der Waals surface area contributed by atoms with E-state index in [-0.39, 0.29) is 34.6 Å². The first-order valence-corrected chi connectivity index (χ1v) is 6.86. The maximum atomic E-state index is 11.9. The summed E-state index contributed by atoms with van der Waals surface area (Å²) in [5.74, 6) is -0.294. The summed E-state index contributed by atoms with van der Waals surface area (Å²) >= 11 is 5.85. The van der Waals surface area contributed by atoms with Crippen molar-refractivity contribution >= 4 is 29.1 Å². The molecule has 2 N–H and O–H groups in total. The number of nitrogens with zero attached hydrogens (tertiary/aromatic N) is 1. The molecule has 8 heteroatoms. The zero-order chi connectivity index (χ0) is 15.4. The first-order chi connectivity index (χ1) is 9.99. The van der Waals surface area contributed by atoms with Gasteiger partial charge >= 0.3 is 0 Å². The van der Waals surface area contributed by atoms with Crippen LogP contribution in [-0.4, -0.2) is 29.8 Å². The van der Waals surface area contributed by atoms with Crippen molar-refractivity contribution in [3.05, 3.63) is 38.9 Å². The molecule has 0 aliphatic heterocycles. The smallest absolute Gasteiger partial charge is 0.270 e. The van der Waals surface area contributed by atoms with Crippen LogP contribution in [0.5, 0.6) is 0 Å². The lowest BCUT2D eigenvalue weighted by molar-refractivity contribution is -0.384. The Balaban J connectivity index is 1.82. The molecule has 1 aliphatic carbocycles. The molecular formula is C13H14ClN3O4. The van der Waals surface area contributed by atoms with E-state index in [1.807, 2.05) is 0 Å². The molecule has 0 saturated heterocycles. The van der Waals surface area contributed by atoms with E-state index in [0.29, 0.717) is 6.54 Å². The molecule has 0 radical (unpaired) electrons. The number of halogens is 1. The molecule has 2 amide bonds. The molecule has 0 unspecified atom stereocenters. The third kappa shape index (κ3) is 4.16. The van der Waals surface area contributed by atoms with Crippen LogP contribution in [0.4, 0.5) is 5.69 Å². The van der Waals surface area contributed by atoms with E-state index < -0.39 is 10.8 Å². The summed E-state index contributed by atoms with van der Waals surface area (Å²) in [7, 11) is 0. The molecule has 112 valence electrons. The molecule has 21 heavy (non-hydrogen) atoms. The fraction of sp³-hybridized carbons (Fsp3) is 0.385. The van der Waals surface area contributed by atoms with Gasteiger partial charge in [-0.15, -0.1) is 0 Å². The van der Waals surface area contributed by atoms with Crippen molar-refractivity contribution in [2.45, 2.75) is 12.8 Å². The fourth-order valence-corrected chi connectivity index (χ4v) is 2.01. The lowest BCUT2D eigenvalue weighted by atomic mass is 10.2. The average molecular weight is 312 g/mol. The van der Waals surface area contributed by atoms with E-state index in [0.717, 1.165) is 18.9 Å². The molecule has 0 atom stereocenters. The molecule has 7 nitrogen and oxygen atoms in total. The second kappa shape index (κ2) is 6.53. The normalized spacial score (nSPS) is 13.6. The summed E-state index contributed by atoms with van der Waals surface area (Å²) in [5, 5.41) is 15.9. The predicted octanol–water partition coefficient (Wildman–Crippen LogP) is 1.50. The lowest BCUT2D eigenvalue weighted by Gasteiger charge is -2.07. The zero-order valence-corrected chi connectivity index (χ0v) is 11.9. The standard InChI is InChI=1S/C13H14ClN3O4/c14-11-7-9(17(20)21)3-4-10(11)13(19)16-6-5-15-12(18)8-1-2-8/h3-4,7-8H,1-2,5-6H2,(H,15,18)(H,16,19). The summed E-state index contributed by atoms with van der Waals surface area (Å²) in [4.78, 5) is 33.2. The Labute approximate surface area is 125 Å². The monoisotopic (exact) mass is 311 g/mol. The van der Waals surface area contributed by atoms with Gasteiger partial charge in [-0.1, -0.05) is 11.6 Å². The highest BCUT2D eigenvalue weighted by Crippen LogP contribution is 2.28. The predicted molar refractivity (Wildman–Crippen MR) is 76.2 cm³/mol. The lowest BCUT2D eigenvalue weighted by Crippen LogP contribution is -2.35. The van der Waals surface area contributed by atoms with Gasteiger partial charge in [0.2, 0.25) is 5.91 Å². The van der Waals surface area contributed by atoms with Crippen LogP contribution in [-0.2, 0) is 4.79 Å². The summed E-state index contributed by atoms with van der Waals surface area (Å²) in [5.41, 5.74) is -0.0102. The van der Waals surface area contributed by atoms with E-state index in [9.17, 15) is 19.7 Å². The first kappa shape index (κ1) is 15.2. The van der Waals surface area contributed by atoms with Gasteiger partial charge in [0.05, 0.1) is 15.5 Å². The van der Waals surface area contributed by atoms with Gasteiger partial charge in [0.1, 0.15) is 0 Å². The Hall–Kier alpha value is -2.15. The van der Waals surface area contributed by atoms with E-state index in [2.05, 4.69) is 10.6 Å². The zero-order valence-electron chi connectivity index (χ0n) is 11.1. The molecule has 2 rings (SSSR count). The van der Waals surface area contributed by atoms with E-state index >= 15 is 0 Å². The van der Waals surface area contributed by atoms with Crippen molar-refractivity contribution in [1.82, 2.24) is 10.6 Å². The van der Waals surface area contributed by atoms with Crippen LogP contribution < -0.4 is 10.6 Å². The highest BCUT2D eigenvalue weighted by Gasteiger charge is 2.29. The van der Waals surface area contributed by atoms with Crippen LogP contribution in [0.1, 0.15) is 23.2 Å². The molecule has 0 bridgehead atoms. The maximum Gasteiger partial charge on any atom is 0.270 e. The number of rotatable bonds is 6. The van der Waals surface area contributed by atoms with Crippen LogP contribution in [0.2, 0.25) is 5.02 Å². The number of nitro groups is 1. The molecule has 0 spiro atoms. The maximum absolute atomic E-state index is 11.9. The van der Waals surface area contributed by atoms with Gasteiger partial charge in [0.25, 0.3) is 11.6 Å². The van der Waals surface area contributed by atoms with Crippen LogP contribution in [0.15, 0.2) is 18.2 Å². The number of carbonyl (C=O) groups is 2. The van der Waals surface area contributed by atoms with Crippen molar-refractivity contribution < 1.29 is 14.5 Å². The van der Waals surface area contributed by atoms with Crippen molar-refractivity contribution in [1.29, 1.82) is 0 Å². The minimum Gasteiger partial charge on any atom is -0.354 e. The quantitative estimate of drug-likeness (QED) is 0.472. The van der Waals surface area contributed by atoms with Gasteiger partial charge in [-0.2, -0.15) is 0 Å². The number of hydrogen-bond donors (Lipinski definition) is 2. The van der Waals surface area contributed by atoms with Crippen LogP contribution in [0.3, 0.4) is 0 Å².